The van der Waals surface area contributed by atoms with Gasteiger partial charge >= 0.3 is 0 Å². The highest BCUT2D eigenvalue weighted by Crippen LogP contribution is 2.29. The van der Waals surface area contributed by atoms with Gasteiger partial charge in [-0.3, -0.25) is 4.79 Å². The van der Waals surface area contributed by atoms with Crippen molar-refractivity contribution in [2.75, 3.05) is 11.1 Å². The lowest BCUT2D eigenvalue weighted by Crippen LogP contribution is -2.09. The molecular weight excluding hydrogens is 276 g/mol. The molecule has 0 unspecified atom stereocenters. The van der Waals surface area contributed by atoms with E-state index in [0.717, 1.165) is 0 Å². The molecule has 0 spiro atoms. The lowest BCUT2D eigenvalue weighted by atomic mass is 10.1. The standard InChI is InChI=1S/C14H11ClN4O/c1-8(20)18-13-6-12(17)11(7-16)14(19-13)9-3-2-4-10(15)5-9/h2-6H,1H3,(H3,17,18,19,20). The van der Waals surface area contributed by atoms with Gasteiger partial charge in [0, 0.05) is 23.6 Å². The molecule has 0 aliphatic rings. The molecule has 3 N–H and O–H groups in total. The monoisotopic (exact) mass is 286 g/mol. The molecule has 0 aliphatic carbocycles. The van der Waals surface area contributed by atoms with Crippen LogP contribution in [0.3, 0.4) is 0 Å². The summed E-state index contributed by atoms with van der Waals surface area (Å²) in [4.78, 5) is 15.4. The highest BCUT2D eigenvalue weighted by Gasteiger charge is 2.13. The number of aromatic nitrogens is 1. The number of nitrogens with zero attached hydrogens (tertiary/aromatic N) is 2. The zero-order valence-electron chi connectivity index (χ0n) is 10.6. The molecule has 1 amide bonds. The number of hydrogen-bond donors (Lipinski definition) is 2. The zero-order chi connectivity index (χ0) is 14.7. The first-order chi connectivity index (χ1) is 9.51. The van der Waals surface area contributed by atoms with Crippen LogP contribution < -0.4 is 11.1 Å². The minimum Gasteiger partial charge on any atom is -0.397 e. The predicted molar refractivity (Wildman–Crippen MR) is 78.1 cm³/mol. The number of anilines is 2. The molecule has 0 saturated carbocycles. The van der Waals surface area contributed by atoms with Crippen LogP contribution in [0, 0.1) is 11.3 Å². The number of halogens is 1. The SMILES string of the molecule is CC(=O)Nc1cc(N)c(C#N)c(-c2cccc(Cl)c2)n1. The summed E-state index contributed by atoms with van der Waals surface area (Å²) in [5.41, 5.74) is 7.39. The number of carbonyl (C=O) groups excluding carboxylic acids is 1. The average molecular weight is 287 g/mol. The molecule has 0 atom stereocenters. The third-order valence-electron chi connectivity index (χ3n) is 2.56. The van der Waals surface area contributed by atoms with Crippen molar-refractivity contribution in [3.8, 4) is 17.3 Å². The minimum atomic E-state index is -0.265. The number of nitriles is 1. The predicted octanol–water partition coefficient (Wildman–Crippen LogP) is 2.81. The van der Waals surface area contributed by atoms with Crippen molar-refractivity contribution in [1.29, 1.82) is 5.26 Å². The maximum Gasteiger partial charge on any atom is 0.222 e. The van der Waals surface area contributed by atoms with Crippen LogP contribution in [0.15, 0.2) is 30.3 Å². The van der Waals surface area contributed by atoms with Crippen LogP contribution in [0.25, 0.3) is 11.3 Å². The Bertz CT molecular complexity index is 722. The van der Waals surface area contributed by atoms with Crippen molar-refractivity contribution < 1.29 is 4.79 Å². The van der Waals surface area contributed by atoms with E-state index >= 15 is 0 Å². The first-order valence-electron chi connectivity index (χ1n) is 5.75. The fourth-order valence-electron chi connectivity index (χ4n) is 1.77. The quantitative estimate of drug-likeness (QED) is 0.888. The summed E-state index contributed by atoms with van der Waals surface area (Å²) >= 11 is 5.94. The van der Waals surface area contributed by atoms with E-state index in [2.05, 4.69) is 10.3 Å². The molecule has 0 bridgehead atoms. The summed E-state index contributed by atoms with van der Waals surface area (Å²) < 4.78 is 0. The topological polar surface area (TPSA) is 91.8 Å². The number of benzene rings is 1. The number of nitrogen functional groups attached to an aromatic ring is 1. The molecular formula is C14H11ClN4O. The van der Waals surface area contributed by atoms with Crippen LogP contribution in [0.5, 0.6) is 0 Å². The van der Waals surface area contributed by atoms with Gasteiger partial charge in [0.2, 0.25) is 5.91 Å². The first-order valence-corrected chi connectivity index (χ1v) is 6.13. The molecule has 20 heavy (non-hydrogen) atoms. The molecule has 0 radical (unpaired) electrons. The third-order valence-corrected chi connectivity index (χ3v) is 2.80. The Kier molecular flexibility index (Phi) is 3.87. The van der Waals surface area contributed by atoms with Crippen molar-refractivity contribution in [1.82, 2.24) is 4.98 Å². The maximum atomic E-state index is 11.1. The van der Waals surface area contributed by atoms with Crippen LogP contribution in [-0.4, -0.2) is 10.9 Å². The molecule has 0 fully saturated rings. The molecule has 2 aromatic rings. The highest BCUT2D eigenvalue weighted by atomic mass is 35.5. The number of carbonyl (C=O) groups is 1. The summed E-state index contributed by atoms with van der Waals surface area (Å²) in [5, 5.41) is 12.3. The Hall–Kier alpha value is -2.58. The number of amides is 1. The van der Waals surface area contributed by atoms with Crippen molar-refractivity contribution in [3.63, 3.8) is 0 Å². The Morgan fingerprint density at radius 3 is 2.80 bits per heavy atom. The molecule has 5 nitrogen and oxygen atoms in total. The number of nitrogens with two attached hydrogens (primary N) is 1. The minimum absolute atomic E-state index is 0.251. The van der Waals surface area contributed by atoms with Gasteiger partial charge in [-0.15, -0.1) is 0 Å². The van der Waals surface area contributed by atoms with Crippen LogP contribution in [0.1, 0.15) is 12.5 Å². The molecule has 0 saturated heterocycles. The normalized spacial score (nSPS) is 9.85. The van der Waals surface area contributed by atoms with Gasteiger partial charge in [-0.25, -0.2) is 4.98 Å². The molecule has 1 heterocycles. The second-order valence-corrected chi connectivity index (χ2v) is 4.56. The van der Waals surface area contributed by atoms with E-state index in [1.807, 2.05) is 6.07 Å². The van der Waals surface area contributed by atoms with Crippen molar-refractivity contribution in [2.45, 2.75) is 6.92 Å². The first kappa shape index (κ1) is 13.8. The Labute approximate surface area is 121 Å². The van der Waals surface area contributed by atoms with Crippen molar-refractivity contribution in [3.05, 3.63) is 40.9 Å². The summed E-state index contributed by atoms with van der Waals surface area (Å²) in [6.45, 7) is 1.37. The molecule has 1 aromatic carbocycles. The van der Waals surface area contributed by atoms with Crippen LogP contribution in [0.2, 0.25) is 5.02 Å². The fraction of sp³-hybridized carbons (Fsp3) is 0.0714. The largest absolute Gasteiger partial charge is 0.397 e. The summed E-state index contributed by atoms with van der Waals surface area (Å²) in [6.07, 6.45) is 0. The summed E-state index contributed by atoms with van der Waals surface area (Å²) in [6, 6.07) is 10.4. The number of hydrogen-bond acceptors (Lipinski definition) is 4. The average Bonchev–Trinajstić information content (AvgIpc) is 2.37. The van der Waals surface area contributed by atoms with Gasteiger partial charge in [-0.05, 0) is 12.1 Å². The van der Waals surface area contributed by atoms with E-state index < -0.39 is 0 Å². The van der Waals surface area contributed by atoms with E-state index in [-0.39, 0.29) is 17.2 Å². The summed E-state index contributed by atoms with van der Waals surface area (Å²) in [7, 11) is 0. The van der Waals surface area contributed by atoms with E-state index in [1.165, 1.54) is 13.0 Å². The van der Waals surface area contributed by atoms with Gasteiger partial charge in [-0.1, -0.05) is 23.7 Å². The number of rotatable bonds is 2. The van der Waals surface area contributed by atoms with Gasteiger partial charge in [-0.2, -0.15) is 5.26 Å². The van der Waals surface area contributed by atoms with E-state index in [9.17, 15) is 10.1 Å². The second kappa shape index (κ2) is 5.59. The second-order valence-electron chi connectivity index (χ2n) is 4.12. The molecule has 100 valence electrons. The Morgan fingerprint density at radius 1 is 1.45 bits per heavy atom. The van der Waals surface area contributed by atoms with Gasteiger partial charge < -0.3 is 11.1 Å². The zero-order valence-corrected chi connectivity index (χ0v) is 11.4. The summed E-state index contributed by atoms with van der Waals surface area (Å²) in [5.74, 6) is 0.0302. The molecule has 0 aliphatic heterocycles. The number of pyridine rings is 1. The Morgan fingerprint density at radius 2 is 2.20 bits per heavy atom. The van der Waals surface area contributed by atoms with Gasteiger partial charge in [0.15, 0.2) is 0 Å². The molecule has 2 rings (SSSR count). The van der Waals surface area contributed by atoms with Crippen LogP contribution >= 0.6 is 11.6 Å². The van der Waals surface area contributed by atoms with E-state index in [1.54, 1.807) is 24.3 Å². The lowest BCUT2D eigenvalue weighted by molar-refractivity contribution is -0.114. The van der Waals surface area contributed by atoms with Gasteiger partial charge in [0.25, 0.3) is 0 Å². The van der Waals surface area contributed by atoms with E-state index in [0.29, 0.717) is 22.1 Å². The molecule has 6 heteroatoms. The highest BCUT2D eigenvalue weighted by molar-refractivity contribution is 6.30. The Balaban J connectivity index is 2.63. The third kappa shape index (κ3) is 2.87. The van der Waals surface area contributed by atoms with Crippen LogP contribution in [0.4, 0.5) is 11.5 Å². The van der Waals surface area contributed by atoms with Crippen LogP contribution in [-0.2, 0) is 4.79 Å². The van der Waals surface area contributed by atoms with Gasteiger partial charge in [0.1, 0.15) is 17.5 Å². The fourth-order valence-corrected chi connectivity index (χ4v) is 1.96. The van der Waals surface area contributed by atoms with Crippen molar-refractivity contribution in [2.24, 2.45) is 0 Å². The smallest absolute Gasteiger partial charge is 0.222 e. The molecule has 1 aromatic heterocycles. The lowest BCUT2D eigenvalue weighted by Gasteiger charge is -2.10. The van der Waals surface area contributed by atoms with E-state index in [4.69, 9.17) is 17.3 Å². The maximum absolute atomic E-state index is 11.1. The van der Waals surface area contributed by atoms with Gasteiger partial charge in [0.05, 0.1) is 11.4 Å². The van der Waals surface area contributed by atoms with Crippen molar-refractivity contribution >= 4 is 29.0 Å². The number of nitrogens with one attached hydrogen (secondary N) is 1.